The van der Waals surface area contributed by atoms with E-state index in [0.29, 0.717) is 0 Å². The molecule has 1 fully saturated rings. The van der Waals surface area contributed by atoms with E-state index in [1.165, 1.54) is 33.3 Å². The first-order valence-electron chi connectivity index (χ1n) is 13.4. The van der Waals surface area contributed by atoms with Gasteiger partial charge in [-0.05, 0) is 65.8 Å². The van der Waals surface area contributed by atoms with Crippen molar-refractivity contribution < 1.29 is 9.59 Å². The van der Waals surface area contributed by atoms with E-state index in [4.69, 9.17) is 0 Å². The van der Waals surface area contributed by atoms with E-state index >= 15 is 0 Å². The van der Waals surface area contributed by atoms with Crippen LogP contribution in [0.1, 0.15) is 66.8 Å². The number of anilines is 2. The fourth-order valence-corrected chi connectivity index (χ4v) is 7.28. The average Bonchev–Trinajstić information content (AvgIpc) is 3.18. The number of rotatable bonds is 5. The zero-order valence-electron chi connectivity index (χ0n) is 20.4. The highest BCUT2D eigenvalue weighted by atomic mass is 16.2. The molecule has 0 spiro atoms. The zero-order valence-corrected chi connectivity index (χ0v) is 20.4. The van der Waals surface area contributed by atoms with Crippen LogP contribution in [-0.4, -0.2) is 31.2 Å². The zero-order chi connectivity index (χ0) is 23.7. The van der Waals surface area contributed by atoms with Gasteiger partial charge in [0.15, 0.2) is 11.6 Å². The molecule has 0 aromatic heterocycles. The van der Waals surface area contributed by atoms with Crippen LogP contribution in [0.4, 0.5) is 11.4 Å². The molecule has 0 amide bonds. The summed E-state index contributed by atoms with van der Waals surface area (Å²) in [6, 6.07) is 16.9. The maximum Gasteiger partial charge on any atom is 0.160 e. The molecular weight excluding hydrogens is 432 g/mol. The Morgan fingerprint density at radius 1 is 0.914 bits per heavy atom. The summed E-state index contributed by atoms with van der Waals surface area (Å²) in [5, 5.41) is 2.41. The van der Waals surface area contributed by atoms with Gasteiger partial charge >= 0.3 is 0 Å². The second-order valence-corrected chi connectivity index (χ2v) is 10.8. The molecule has 1 saturated carbocycles. The van der Waals surface area contributed by atoms with Crippen LogP contribution in [0.15, 0.2) is 48.5 Å². The summed E-state index contributed by atoms with van der Waals surface area (Å²) >= 11 is 0. The number of Topliss-reactive ketones (excluding diaryl/α,β-unsaturated/α-hetero) is 2. The molecule has 1 aliphatic carbocycles. The smallest absolute Gasteiger partial charge is 0.160 e. The van der Waals surface area contributed by atoms with Crippen LogP contribution in [-0.2, 0) is 22.4 Å². The van der Waals surface area contributed by atoms with Gasteiger partial charge in [-0.1, -0.05) is 55.8 Å². The van der Waals surface area contributed by atoms with Gasteiger partial charge in [-0.15, -0.1) is 0 Å². The summed E-state index contributed by atoms with van der Waals surface area (Å²) in [5.41, 5.74) is 7.35. The molecule has 4 aliphatic rings. The fraction of sp³-hybridized carbons (Fsp3) is 0.419. The van der Waals surface area contributed by atoms with E-state index in [0.717, 1.165) is 69.3 Å². The van der Waals surface area contributed by atoms with Crippen molar-refractivity contribution in [2.45, 2.75) is 57.4 Å². The third-order valence-corrected chi connectivity index (χ3v) is 8.82. The van der Waals surface area contributed by atoms with Crippen LogP contribution >= 0.6 is 0 Å². The molecule has 3 aromatic rings. The Morgan fingerprint density at radius 3 is 2.29 bits per heavy atom. The number of benzene rings is 3. The third kappa shape index (κ3) is 2.98. The molecule has 1 atom stereocenters. The molecule has 0 bridgehead atoms. The Morgan fingerprint density at radius 2 is 1.60 bits per heavy atom. The van der Waals surface area contributed by atoms with E-state index in [1.807, 2.05) is 0 Å². The van der Waals surface area contributed by atoms with Crippen molar-refractivity contribution in [1.82, 2.24) is 0 Å². The Kier molecular flexibility index (Phi) is 4.80. The van der Waals surface area contributed by atoms with Crippen molar-refractivity contribution in [3.8, 4) is 0 Å². The van der Waals surface area contributed by atoms with E-state index < -0.39 is 11.8 Å². The summed E-state index contributed by atoms with van der Waals surface area (Å²) in [6.45, 7) is 5.32. The number of nitrogens with zero attached hydrogens (tertiary/aromatic N) is 2. The minimum absolute atomic E-state index is 0.113. The van der Waals surface area contributed by atoms with Crippen LogP contribution in [0.25, 0.3) is 10.8 Å². The molecule has 0 saturated heterocycles. The van der Waals surface area contributed by atoms with Gasteiger partial charge in [0.2, 0.25) is 0 Å². The van der Waals surface area contributed by atoms with E-state index in [2.05, 4.69) is 65.3 Å². The number of carbonyl (C=O) groups excluding carboxylic acids is 2. The molecule has 3 heterocycles. The Labute approximate surface area is 206 Å². The molecule has 0 N–H and O–H groups in total. The van der Waals surface area contributed by atoms with E-state index in [1.54, 1.807) is 0 Å². The number of unbranched alkanes of at least 4 members (excludes halogenated alkanes) is 1. The lowest BCUT2D eigenvalue weighted by molar-refractivity contribution is -0.147. The summed E-state index contributed by atoms with van der Waals surface area (Å²) < 4.78 is 0. The van der Waals surface area contributed by atoms with Gasteiger partial charge in [0.1, 0.15) is 11.8 Å². The van der Waals surface area contributed by atoms with Gasteiger partial charge < -0.3 is 9.80 Å². The predicted octanol–water partition coefficient (Wildman–Crippen LogP) is 5.75. The minimum atomic E-state index is -0.588. The second kappa shape index (κ2) is 7.94. The van der Waals surface area contributed by atoms with Crippen molar-refractivity contribution in [1.29, 1.82) is 0 Å². The first kappa shape index (κ1) is 21.2. The molecule has 3 aromatic carbocycles. The molecule has 35 heavy (non-hydrogen) atoms. The van der Waals surface area contributed by atoms with Gasteiger partial charge in [0.05, 0.1) is 6.04 Å². The number of hydrogen-bond acceptors (Lipinski definition) is 4. The normalized spacial score (nSPS) is 24.7. The summed E-state index contributed by atoms with van der Waals surface area (Å²) in [7, 11) is 0. The molecule has 0 radical (unpaired) electrons. The first-order valence-corrected chi connectivity index (χ1v) is 13.4. The van der Waals surface area contributed by atoms with Crippen molar-refractivity contribution in [3.63, 3.8) is 0 Å². The summed E-state index contributed by atoms with van der Waals surface area (Å²) in [4.78, 5) is 32.5. The molecule has 4 nitrogen and oxygen atoms in total. The molecule has 4 heteroatoms. The van der Waals surface area contributed by atoms with Crippen molar-refractivity contribution >= 4 is 33.7 Å². The average molecular weight is 465 g/mol. The van der Waals surface area contributed by atoms with Crippen LogP contribution < -0.4 is 9.80 Å². The fourth-order valence-electron chi connectivity index (χ4n) is 7.28. The number of carbonyl (C=O) groups is 2. The third-order valence-electron chi connectivity index (χ3n) is 8.82. The highest BCUT2D eigenvalue weighted by Gasteiger charge is 2.56. The maximum atomic E-state index is 13.8. The predicted molar refractivity (Wildman–Crippen MR) is 140 cm³/mol. The highest BCUT2D eigenvalue weighted by Crippen LogP contribution is 2.53. The molecule has 178 valence electrons. The maximum absolute atomic E-state index is 13.8. The second-order valence-electron chi connectivity index (χ2n) is 10.8. The SMILES string of the molecule is CCCCN1c2cccc3cccc(c23)C1C1C(=O)C(c2cc3c4c(c2)CCCN4CCC3)C1=O. The van der Waals surface area contributed by atoms with Gasteiger partial charge in [0, 0.05) is 36.4 Å². The monoisotopic (exact) mass is 464 g/mol. The Balaban J connectivity index is 1.26. The summed E-state index contributed by atoms with van der Waals surface area (Å²) in [6.07, 6.45) is 6.54. The molecule has 7 rings (SSSR count). The van der Waals surface area contributed by atoms with Crippen molar-refractivity contribution in [2.24, 2.45) is 5.92 Å². The largest absolute Gasteiger partial charge is 0.371 e. The quantitative estimate of drug-likeness (QED) is 0.451. The van der Waals surface area contributed by atoms with Crippen molar-refractivity contribution in [2.75, 3.05) is 29.4 Å². The topological polar surface area (TPSA) is 40.6 Å². The lowest BCUT2D eigenvalue weighted by atomic mass is 9.64. The standard InChI is InChI=1S/C31H32N2O2/c1-2-3-16-33-24-13-5-9-19-8-4-12-23(25(19)24)29(33)27-30(34)26(31(27)35)22-17-20-10-6-14-32-15-7-11-21(18-22)28(20)32/h4-5,8-9,12-13,17-18,26-27,29H,2-3,6-7,10-11,14-16H2,1H3. The Hall–Kier alpha value is -3.14. The van der Waals surface area contributed by atoms with E-state index in [-0.39, 0.29) is 17.6 Å². The highest BCUT2D eigenvalue weighted by molar-refractivity contribution is 6.28. The van der Waals surface area contributed by atoms with Crippen LogP contribution in [0.2, 0.25) is 0 Å². The number of ketones is 2. The molecule has 1 unspecified atom stereocenters. The van der Waals surface area contributed by atoms with Crippen LogP contribution in [0.5, 0.6) is 0 Å². The first-order chi connectivity index (χ1) is 17.2. The lowest BCUT2D eigenvalue weighted by Crippen LogP contribution is -2.53. The molecule has 3 aliphatic heterocycles. The Bertz CT molecular complexity index is 1320. The van der Waals surface area contributed by atoms with Gasteiger partial charge in [0.25, 0.3) is 0 Å². The lowest BCUT2D eigenvalue weighted by Gasteiger charge is -2.42. The van der Waals surface area contributed by atoms with Crippen LogP contribution in [0.3, 0.4) is 0 Å². The van der Waals surface area contributed by atoms with Gasteiger partial charge in [-0.3, -0.25) is 9.59 Å². The van der Waals surface area contributed by atoms with Gasteiger partial charge in [-0.2, -0.15) is 0 Å². The number of aryl methyl sites for hydroxylation is 2. The summed E-state index contributed by atoms with van der Waals surface area (Å²) in [5.74, 6) is -0.933. The molecular formula is C31H32N2O2. The van der Waals surface area contributed by atoms with E-state index in [9.17, 15) is 9.59 Å². The number of hydrogen-bond donors (Lipinski definition) is 0. The minimum Gasteiger partial charge on any atom is -0.371 e. The van der Waals surface area contributed by atoms with Crippen LogP contribution in [0, 0.1) is 5.92 Å². The van der Waals surface area contributed by atoms with Gasteiger partial charge in [-0.25, -0.2) is 0 Å². The van der Waals surface area contributed by atoms with Crippen molar-refractivity contribution in [3.05, 3.63) is 70.8 Å².